The second-order valence-electron chi connectivity index (χ2n) is 11.0. The average Bonchev–Trinajstić information content (AvgIpc) is 3.16. The Bertz CT molecular complexity index is 1020. The first-order chi connectivity index (χ1) is 15.7. The fourth-order valence-electron chi connectivity index (χ4n) is 6.92. The molecule has 3 aliphatic carbocycles. The molecule has 4 rings (SSSR count). The van der Waals surface area contributed by atoms with Crippen LogP contribution in [0.25, 0.3) is 0 Å². The number of aliphatic hydroxyl groups is 1. The first-order valence-corrected chi connectivity index (χ1v) is 14.5. The number of allylic oxidation sites excluding steroid dienone is 4. The van der Waals surface area contributed by atoms with Gasteiger partial charge < -0.3 is 5.11 Å². The summed E-state index contributed by atoms with van der Waals surface area (Å²) in [5.41, 5.74) is 4.28. The third kappa shape index (κ3) is 5.22. The molecule has 0 heterocycles. The average molecular weight is 468 g/mol. The minimum atomic E-state index is -2.72. The molecule has 3 aliphatic rings. The van der Waals surface area contributed by atoms with Crippen LogP contribution in [0.2, 0.25) is 0 Å². The van der Waals surface area contributed by atoms with Gasteiger partial charge in [0.25, 0.3) is 0 Å². The molecule has 6 atom stereocenters. The summed E-state index contributed by atoms with van der Waals surface area (Å²) < 4.78 is 21.5. The van der Waals surface area contributed by atoms with E-state index in [1.165, 1.54) is 43.3 Å². The number of fused-ring (bicyclic) bond motifs is 1. The first-order valence-electron chi connectivity index (χ1n) is 12.8. The van der Waals surface area contributed by atoms with Crippen molar-refractivity contribution in [2.24, 2.45) is 23.2 Å². The number of nitrogens with one attached hydrogen (secondary N) is 1. The molecule has 3 fully saturated rings. The molecule has 33 heavy (non-hydrogen) atoms. The van der Waals surface area contributed by atoms with Crippen LogP contribution in [0.5, 0.6) is 0 Å². The predicted molar refractivity (Wildman–Crippen MR) is 138 cm³/mol. The van der Waals surface area contributed by atoms with Gasteiger partial charge in [-0.1, -0.05) is 61.9 Å². The fourth-order valence-corrected chi connectivity index (χ4v) is 8.46. The van der Waals surface area contributed by atoms with E-state index in [-0.39, 0.29) is 6.10 Å². The Morgan fingerprint density at radius 2 is 1.97 bits per heavy atom. The van der Waals surface area contributed by atoms with Crippen molar-refractivity contribution in [3.05, 3.63) is 65.8 Å². The van der Waals surface area contributed by atoms with Crippen molar-refractivity contribution < 1.29 is 9.32 Å². The van der Waals surface area contributed by atoms with E-state index in [4.69, 9.17) is 4.78 Å². The van der Waals surface area contributed by atoms with Gasteiger partial charge in [0.1, 0.15) is 0 Å². The molecule has 2 N–H and O–H groups in total. The summed E-state index contributed by atoms with van der Waals surface area (Å²) in [6.45, 7) is 9.04. The number of benzene rings is 1. The molecule has 0 saturated heterocycles. The largest absolute Gasteiger partial charge is 0.393 e. The maximum absolute atomic E-state index is 13.0. The van der Waals surface area contributed by atoms with Crippen LogP contribution in [0, 0.1) is 27.9 Å². The smallest absolute Gasteiger partial charge is 0.0726 e. The van der Waals surface area contributed by atoms with Crippen LogP contribution >= 0.6 is 0 Å². The van der Waals surface area contributed by atoms with Crippen molar-refractivity contribution in [2.75, 3.05) is 5.75 Å². The summed E-state index contributed by atoms with van der Waals surface area (Å²) in [6, 6.07) is 9.34. The Balaban J connectivity index is 1.45. The van der Waals surface area contributed by atoms with E-state index >= 15 is 0 Å². The van der Waals surface area contributed by atoms with Gasteiger partial charge in [-0.15, -0.1) is 0 Å². The highest BCUT2D eigenvalue weighted by molar-refractivity contribution is 7.92. The summed E-state index contributed by atoms with van der Waals surface area (Å²) in [7, 11) is -2.72. The molecular formula is C29H41NO2S. The molecule has 0 amide bonds. The molecule has 1 aromatic carbocycles. The van der Waals surface area contributed by atoms with Crippen LogP contribution in [0.15, 0.2) is 70.7 Å². The van der Waals surface area contributed by atoms with Gasteiger partial charge in [0.05, 0.1) is 15.8 Å². The van der Waals surface area contributed by atoms with Crippen molar-refractivity contribution in [1.82, 2.24) is 0 Å². The third-order valence-electron chi connectivity index (χ3n) is 8.90. The van der Waals surface area contributed by atoms with Crippen LogP contribution < -0.4 is 0 Å². The molecule has 4 heteroatoms. The van der Waals surface area contributed by atoms with Crippen molar-refractivity contribution in [3.8, 4) is 0 Å². The highest BCUT2D eigenvalue weighted by atomic mass is 32.2. The lowest BCUT2D eigenvalue weighted by atomic mass is 9.61. The lowest BCUT2D eigenvalue weighted by Gasteiger charge is -2.44. The van der Waals surface area contributed by atoms with E-state index in [1.807, 2.05) is 30.3 Å². The normalized spacial score (nSPS) is 35.4. The van der Waals surface area contributed by atoms with E-state index in [0.717, 1.165) is 25.7 Å². The van der Waals surface area contributed by atoms with Gasteiger partial charge in [-0.3, -0.25) is 0 Å². The van der Waals surface area contributed by atoms with Crippen LogP contribution in [0.3, 0.4) is 0 Å². The Morgan fingerprint density at radius 3 is 2.73 bits per heavy atom. The molecule has 180 valence electrons. The van der Waals surface area contributed by atoms with Gasteiger partial charge in [0, 0.05) is 10.6 Å². The lowest BCUT2D eigenvalue weighted by molar-refractivity contribution is 0.0964. The summed E-state index contributed by atoms with van der Waals surface area (Å²) in [6.07, 6.45) is 13.8. The van der Waals surface area contributed by atoms with Gasteiger partial charge >= 0.3 is 0 Å². The Kier molecular flexibility index (Phi) is 7.35. The van der Waals surface area contributed by atoms with Crippen molar-refractivity contribution in [3.63, 3.8) is 0 Å². The molecule has 3 nitrogen and oxygen atoms in total. The van der Waals surface area contributed by atoms with E-state index in [1.54, 1.807) is 5.57 Å². The molecule has 6 unspecified atom stereocenters. The van der Waals surface area contributed by atoms with Crippen LogP contribution in [-0.2, 0) is 9.73 Å². The highest BCUT2D eigenvalue weighted by Crippen LogP contribution is 2.59. The van der Waals surface area contributed by atoms with Gasteiger partial charge in [-0.05, 0) is 98.7 Å². The first kappa shape index (κ1) is 24.5. The van der Waals surface area contributed by atoms with Crippen LogP contribution in [0.1, 0.15) is 71.6 Å². The standard InChI is InChI=1S/C29H41NO2S/c1-21-11-14-25(31)20-24(21)13-12-23-8-7-18-29(3)27(15-16-28(23)29)22(2)17-19-33(30,32)26-9-5-4-6-10-26/h4-6,9-10,12-13,22,25,27-28,30-31H,1,7-8,11,14-20H2,2-3H3/b23-12+,24-13-. The highest BCUT2D eigenvalue weighted by Gasteiger charge is 2.50. The number of hydrogen-bond donors (Lipinski definition) is 2. The van der Waals surface area contributed by atoms with Crippen molar-refractivity contribution >= 4 is 9.73 Å². The Labute approximate surface area is 201 Å². The molecule has 0 radical (unpaired) electrons. The van der Waals surface area contributed by atoms with Gasteiger partial charge in [0.2, 0.25) is 0 Å². The second kappa shape index (κ2) is 9.92. The van der Waals surface area contributed by atoms with E-state index < -0.39 is 9.73 Å². The van der Waals surface area contributed by atoms with Crippen molar-refractivity contribution in [2.45, 2.75) is 82.6 Å². The minimum Gasteiger partial charge on any atom is -0.393 e. The number of hydrogen-bond acceptors (Lipinski definition) is 3. The molecule has 0 bridgehead atoms. The maximum Gasteiger partial charge on any atom is 0.0726 e. The van der Waals surface area contributed by atoms with Crippen LogP contribution in [0.4, 0.5) is 0 Å². The molecule has 0 aliphatic heterocycles. The van der Waals surface area contributed by atoms with Crippen LogP contribution in [-0.4, -0.2) is 21.2 Å². The topological polar surface area (TPSA) is 61.1 Å². The summed E-state index contributed by atoms with van der Waals surface area (Å²) in [5, 5.41) is 10.1. The number of aliphatic hydroxyl groups excluding tert-OH is 1. The van der Waals surface area contributed by atoms with Crippen molar-refractivity contribution in [1.29, 1.82) is 4.78 Å². The van der Waals surface area contributed by atoms with E-state index in [0.29, 0.717) is 33.8 Å². The maximum atomic E-state index is 13.0. The molecule has 1 aromatic rings. The molecule has 0 spiro atoms. The Hall–Kier alpha value is -1.65. The lowest BCUT2D eigenvalue weighted by Crippen LogP contribution is -2.36. The van der Waals surface area contributed by atoms with Gasteiger partial charge in [-0.2, -0.15) is 0 Å². The van der Waals surface area contributed by atoms with Gasteiger partial charge in [0.15, 0.2) is 0 Å². The van der Waals surface area contributed by atoms with E-state index in [2.05, 4.69) is 32.6 Å². The quantitative estimate of drug-likeness (QED) is 0.461. The Morgan fingerprint density at radius 1 is 1.21 bits per heavy atom. The van der Waals surface area contributed by atoms with Gasteiger partial charge in [-0.25, -0.2) is 8.99 Å². The molecule has 3 saturated carbocycles. The molecule has 0 aromatic heterocycles. The minimum absolute atomic E-state index is 0.225. The SMILES string of the molecule is C=C1CCC(O)C/C1=C/C=C1\CCCC2(C)C1CCC2C(C)CCS(=N)(=O)c1ccccc1. The third-order valence-corrected chi connectivity index (χ3v) is 10.7. The zero-order valence-electron chi connectivity index (χ0n) is 20.4. The second-order valence-corrected chi connectivity index (χ2v) is 13.2. The summed E-state index contributed by atoms with van der Waals surface area (Å²) in [5.74, 6) is 2.17. The zero-order chi connectivity index (χ0) is 23.6. The number of rotatable bonds is 6. The summed E-state index contributed by atoms with van der Waals surface area (Å²) in [4.78, 5) is 0.665. The predicted octanol–water partition coefficient (Wildman–Crippen LogP) is 7.29. The molecular weight excluding hydrogens is 426 g/mol. The van der Waals surface area contributed by atoms with E-state index in [9.17, 15) is 9.32 Å². The zero-order valence-corrected chi connectivity index (χ0v) is 21.2. The summed E-state index contributed by atoms with van der Waals surface area (Å²) >= 11 is 0. The monoisotopic (exact) mass is 467 g/mol. The fraction of sp³-hybridized carbons (Fsp3) is 0.586.